The molecule has 3 atom stereocenters. The Labute approximate surface area is 180 Å². The van der Waals surface area contributed by atoms with Crippen molar-refractivity contribution >= 4 is 85.3 Å². The Morgan fingerprint density at radius 1 is 1.54 bits per heavy atom. The average molecular weight is 501 g/mol. The van der Waals surface area contributed by atoms with Crippen molar-refractivity contribution in [1.29, 1.82) is 0 Å². The minimum atomic E-state index is -5.14. The maximum Gasteiger partial charge on any atom is 2.00 e. The molecule has 24 heavy (non-hydrogen) atoms. The molecule has 2 aromatic heterocycles. The molecule has 14 heteroatoms. The summed E-state index contributed by atoms with van der Waals surface area (Å²) in [6.07, 6.45) is -1.21. The fourth-order valence-electron chi connectivity index (χ4n) is 2.32. The average Bonchev–Trinajstić information content (AvgIpc) is 2.99. The predicted octanol–water partition coefficient (Wildman–Crippen LogP) is -1.83. The van der Waals surface area contributed by atoms with Crippen molar-refractivity contribution in [2.24, 2.45) is 0 Å². The summed E-state index contributed by atoms with van der Waals surface area (Å²) >= 11 is 5.76. The second-order valence-corrected chi connectivity index (χ2v) is 6.37. The molecular formula is C10H11BaClN5O6P. The van der Waals surface area contributed by atoms with Gasteiger partial charge in [0.2, 0.25) is 5.28 Å². The van der Waals surface area contributed by atoms with Crippen LogP contribution in [0.5, 0.6) is 0 Å². The first-order valence-corrected chi connectivity index (χ1v) is 8.24. The van der Waals surface area contributed by atoms with Gasteiger partial charge in [0.15, 0.2) is 11.5 Å². The molecule has 0 spiro atoms. The Hall–Kier alpha value is 0.241. The van der Waals surface area contributed by atoms with E-state index in [1.54, 1.807) is 0 Å². The third-order valence-electron chi connectivity index (χ3n) is 3.33. The van der Waals surface area contributed by atoms with Crippen LogP contribution in [0.1, 0.15) is 12.6 Å². The van der Waals surface area contributed by atoms with Crippen LogP contribution in [-0.2, 0) is 13.8 Å². The van der Waals surface area contributed by atoms with Gasteiger partial charge in [-0.05, 0) is 11.6 Å². The molecule has 0 unspecified atom stereocenters. The van der Waals surface area contributed by atoms with E-state index in [4.69, 9.17) is 22.1 Å². The minimum absolute atomic E-state index is 0. The third kappa shape index (κ3) is 4.50. The molecule has 2 aromatic rings. The molecule has 3 N–H and O–H groups in total. The first kappa shape index (κ1) is 20.6. The van der Waals surface area contributed by atoms with Crippen LogP contribution in [0.4, 0.5) is 5.82 Å². The zero-order chi connectivity index (χ0) is 16.8. The molecule has 0 radical (unpaired) electrons. The van der Waals surface area contributed by atoms with Crippen LogP contribution in [0, 0.1) is 0 Å². The zero-order valence-electron chi connectivity index (χ0n) is 12.1. The number of phosphoric ester groups is 1. The maximum atomic E-state index is 10.5. The molecule has 0 aromatic carbocycles. The Balaban J connectivity index is 0.00000208. The van der Waals surface area contributed by atoms with Gasteiger partial charge in [-0.1, -0.05) is 0 Å². The molecule has 3 heterocycles. The number of hydrogen-bond acceptors (Lipinski definition) is 10. The summed E-state index contributed by atoms with van der Waals surface area (Å²) in [5.41, 5.74) is 6.32. The molecule has 3 rings (SSSR count). The van der Waals surface area contributed by atoms with Crippen molar-refractivity contribution in [3.8, 4) is 0 Å². The van der Waals surface area contributed by atoms with Gasteiger partial charge < -0.3 is 34.5 Å². The van der Waals surface area contributed by atoms with Gasteiger partial charge in [0, 0.05) is 6.42 Å². The molecule has 0 bridgehead atoms. The third-order valence-corrected chi connectivity index (χ3v) is 3.97. The molecule has 1 aliphatic heterocycles. The first-order valence-electron chi connectivity index (χ1n) is 6.40. The second kappa shape index (κ2) is 7.86. The summed E-state index contributed by atoms with van der Waals surface area (Å²) in [5, 5.41) is 9.85. The first-order chi connectivity index (χ1) is 10.7. The number of aliphatic hydroxyl groups excluding tert-OH is 1. The standard InChI is InChI=1S/C10H13ClN5O6P.Ba/c11-10-14-8(12)7-9(15-10)16(3-13-7)6-1-4(17)5(22-6)2-21-23(18,19)20;/h3-6,17H,1-2H2,(H2,12,14,15)(H2,18,19,20);/q;+2/p-2/t4-,5+,6+;/m0./s1. The monoisotopic (exact) mass is 501 g/mol. The SMILES string of the molecule is Nc1nc(Cl)nc2c1ncn2[C@H]1C[C@H](O)[C@@H](COP(=O)([O-])[O-])O1.[Ba+2]. The van der Waals surface area contributed by atoms with Crippen molar-refractivity contribution < 1.29 is 28.7 Å². The van der Waals surface area contributed by atoms with E-state index in [1.807, 2.05) is 0 Å². The van der Waals surface area contributed by atoms with Crippen LogP contribution in [-0.4, -0.2) is 92.3 Å². The van der Waals surface area contributed by atoms with Crippen LogP contribution in [0.2, 0.25) is 5.28 Å². The van der Waals surface area contributed by atoms with Gasteiger partial charge >= 0.3 is 48.9 Å². The summed E-state index contributed by atoms with van der Waals surface area (Å²) in [4.78, 5) is 32.9. The molecule has 11 nitrogen and oxygen atoms in total. The summed E-state index contributed by atoms with van der Waals surface area (Å²) in [6.45, 7) is -0.577. The second-order valence-electron chi connectivity index (χ2n) is 4.88. The number of halogens is 1. The number of nitrogens with two attached hydrogens (primary N) is 1. The normalized spacial score (nSPS) is 24.2. The predicted molar refractivity (Wildman–Crippen MR) is 78.6 cm³/mol. The van der Waals surface area contributed by atoms with Gasteiger partial charge in [-0.25, -0.2) is 4.98 Å². The molecule has 1 fully saturated rings. The van der Waals surface area contributed by atoms with Crippen LogP contribution in [0.15, 0.2) is 6.33 Å². The molecule has 0 amide bonds. The zero-order valence-corrected chi connectivity index (χ0v) is 18.2. The fraction of sp³-hybridized carbons (Fsp3) is 0.500. The quantitative estimate of drug-likeness (QED) is 0.276. The molecule has 1 aliphatic rings. The molecule has 0 aliphatic carbocycles. The number of ether oxygens (including phenoxy) is 1. The van der Waals surface area contributed by atoms with Gasteiger partial charge in [-0.3, -0.25) is 4.57 Å². The molecule has 1 saturated heterocycles. The number of anilines is 1. The van der Waals surface area contributed by atoms with Crippen molar-refractivity contribution in [3.63, 3.8) is 0 Å². The number of fused-ring (bicyclic) bond motifs is 1. The fourth-order valence-corrected chi connectivity index (χ4v) is 2.82. The number of aliphatic hydroxyl groups is 1. The van der Waals surface area contributed by atoms with E-state index < -0.39 is 32.9 Å². The van der Waals surface area contributed by atoms with Crippen molar-refractivity contribution in [2.75, 3.05) is 12.3 Å². The molecule has 0 saturated carbocycles. The van der Waals surface area contributed by atoms with Crippen molar-refractivity contribution in [2.45, 2.75) is 24.9 Å². The Morgan fingerprint density at radius 2 is 2.25 bits per heavy atom. The Morgan fingerprint density at radius 3 is 2.92 bits per heavy atom. The van der Waals surface area contributed by atoms with Gasteiger partial charge in [-0.15, -0.1) is 0 Å². The van der Waals surface area contributed by atoms with Gasteiger partial charge in [0.1, 0.15) is 17.8 Å². The number of phosphoric acid groups is 1. The van der Waals surface area contributed by atoms with E-state index in [0.29, 0.717) is 11.2 Å². The summed E-state index contributed by atoms with van der Waals surface area (Å²) in [7, 11) is -5.14. The topological polar surface area (TPSA) is 172 Å². The summed E-state index contributed by atoms with van der Waals surface area (Å²) in [6, 6.07) is 0. The van der Waals surface area contributed by atoms with Crippen molar-refractivity contribution in [3.05, 3.63) is 11.6 Å². The minimum Gasteiger partial charge on any atom is -0.790 e. The van der Waals surface area contributed by atoms with E-state index >= 15 is 0 Å². The van der Waals surface area contributed by atoms with Gasteiger partial charge in [-0.2, -0.15) is 9.97 Å². The Kier molecular flexibility index (Phi) is 6.73. The van der Waals surface area contributed by atoms with E-state index in [2.05, 4.69) is 19.5 Å². The van der Waals surface area contributed by atoms with Crippen LogP contribution < -0.4 is 15.5 Å². The molecular weight excluding hydrogens is 490 g/mol. The van der Waals surface area contributed by atoms with Gasteiger partial charge in [0.05, 0.1) is 26.9 Å². The number of hydrogen-bond donors (Lipinski definition) is 2. The number of imidazole rings is 1. The maximum absolute atomic E-state index is 10.5. The van der Waals surface area contributed by atoms with E-state index in [1.165, 1.54) is 10.9 Å². The van der Waals surface area contributed by atoms with E-state index in [9.17, 15) is 19.5 Å². The van der Waals surface area contributed by atoms with E-state index in [0.717, 1.165) is 0 Å². The number of nitrogens with zero attached hydrogens (tertiary/aromatic N) is 4. The van der Waals surface area contributed by atoms with Gasteiger partial charge in [0.25, 0.3) is 0 Å². The number of rotatable bonds is 4. The summed E-state index contributed by atoms with van der Waals surface area (Å²) in [5.74, 6) is 0.0934. The van der Waals surface area contributed by atoms with Crippen LogP contribution in [0.25, 0.3) is 11.2 Å². The molecule has 126 valence electrons. The smallest absolute Gasteiger partial charge is 0.790 e. The largest absolute Gasteiger partial charge is 2.00 e. The van der Waals surface area contributed by atoms with Crippen LogP contribution in [0.3, 0.4) is 0 Å². The van der Waals surface area contributed by atoms with Crippen LogP contribution >= 0.6 is 19.4 Å². The number of aromatic nitrogens is 4. The number of nitrogen functional groups attached to an aromatic ring is 1. The van der Waals surface area contributed by atoms with Crippen molar-refractivity contribution in [1.82, 2.24) is 19.5 Å². The van der Waals surface area contributed by atoms with E-state index in [-0.39, 0.29) is 66.4 Å². The Bertz CT molecular complexity index is 786. The summed E-state index contributed by atoms with van der Waals surface area (Å²) < 4.78 is 21.6.